The molecule has 1 amide bonds. The minimum absolute atomic E-state index is 0.135. The second-order valence-electron chi connectivity index (χ2n) is 7.51. The topological polar surface area (TPSA) is 80.6 Å². The molecule has 1 heterocycles. The lowest BCUT2D eigenvalue weighted by atomic mass is 10.1. The molecule has 0 aromatic heterocycles. The highest BCUT2D eigenvalue weighted by molar-refractivity contribution is 6.04. The number of nitrogens with one attached hydrogen (secondary N) is 1. The molecule has 1 N–H and O–H groups in total. The summed E-state index contributed by atoms with van der Waals surface area (Å²) < 4.78 is 17.2. The molecular weight excluding hydrogens is 404 g/mol. The fourth-order valence-electron chi connectivity index (χ4n) is 3.48. The molecule has 1 aliphatic heterocycles. The molecule has 3 aromatic carbocycles. The van der Waals surface area contributed by atoms with Crippen LogP contribution in [0.1, 0.15) is 34.3 Å². The summed E-state index contributed by atoms with van der Waals surface area (Å²) in [6, 6.07) is 23.7. The Labute approximate surface area is 187 Å². The van der Waals surface area contributed by atoms with E-state index in [0.717, 1.165) is 25.0 Å². The number of rotatable bonds is 8. The van der Waals surface area contributed by atoms with Crippen molar-refractivity contribution in [1.29, 1.82) is 5.26 Å². The van der Waals surface area contributed by atoms with Crippen molar-refractivity contribution in [3.63, 3.8) is 0 Å². The van der Waals surface area contributed by atoms with Crippen molar-refractivity contribution < 1.29 is 19.0 Å². The molecule has 1 fully saturated rings. The summed E-state index contributed by atoms with van der Waals surface area (Å²) in [6.07, 6.45) is 2.21. The first kappa shape index (κ1) is 21.4. The molecule has 162 valence electrons. The molecule has 4 rings (SSSR count). The van der Waals surface area contributed by atoms with E-state index in [4.69, 9.17) is 14.2 Å². The van der Waals surface area contributed by atoms with Crippen molar-refractivity contribution in [3.05, 3.63) is 89.5 Å². The van der Waals surface area contributed by atoms with Crippen molar-refractivity contribution in [2.75, 3.05) is 18.5 Å². The van der Waals surface area contributed by atoms with Crippen LogP contribution in [-0.2, 0) is 11.3 Å². The van der Waals surface area contributed by atoms with Crippen molar-refractivity contribution in [1.82, 2.24) is 0 Å². The van der Waals surface area contributed by atoms with Crippen LogP contribution in [0.2, 0.25) is 0 Å². The normalized spacial score (nSPS) is 15.0. The monoisotopic (exact) mass is 428 g/mol. The predicted molar refractivity (Wildman–Crippen MR) is 121 cm³/mol. The molecule has 1 unspecified atom stereocenters. The van der Waals surface area contributed by atoms with Crippen LogP contribution >= 0.6 is 0 Å². The molecule has 0 aliphatic carbocycles. The number of anilines is 1. The zero-order valence-corrected chi connectivity index (χ0v) is 17.6. The van der Waals surface area contributed by atoms with Gasteiger partial charge in [-0.3, -0.25) is 4.79 Å². The second-order valence-corrected chi connectivity index (χ2v) is 7.51. The molecule has 0 spiro atoms. The number of nitrogens with zero attached hydrogens (tertiary/aromatic N) is 1. The van der Waals surface area contributed by atoms with Gasteiger partial charge in [0, 0.05) is 29.5 Å². The van der Waals surface area contributed by atoms with Gasteiger partial charge in [0.2, 0.25) is 0 Å². The van der Waals surface area contributed by atoms with E-state index in [2.05, 4.69) is 11.4 Å². The highest BCUT2D eigenvalue weighted by Crippen LogP contribution is 2.22. The first-order valence-electron chi connectivity index (χ1n) is 10.6. The first-order valence-corrected chi connectivity index (χ1v) is 10.6. The number of carbonyl (C=O) groups is 1. The van der Waals surface area contributed by atoms with Crippen LogP contribution in [0.4, 0.5) is 5.69 Å². The van der Waals surface area contributed by atoms with Gasteiger partial charge in [-0.2, -0.15) is 5.26 Å². The Morgan fingerprint density at radius 1 is 1.03 bits per heavy atom. The Kier molecular flexibility index (Phi) is 7.01. The molecule has 32 heavy (non-hydrogen) atoms. The van der Waals surface area contributed by atoms with Crippen LogP contribution < -0.4 is 14.8 Å². The van der Waals surface area contributed by atoms with Crippen molar-refractivity contribution in [2.24, 2.45) is 0 Å². The maximum Gasteiger partial charge on any atom is 0.255 e. The van der Waals surface area contributed by atoms with Gasteiger partial charge < -0.3 is 19.5 Å². The lowest BCUT2D eigenvalue weighted by Gasteiger charge is -2.13. The summed E-state index contributed by atoms with van der Waals surface area (Å²) >= 11 is 0. The molecule has 1 atom stereocenters. The summed E-state index contributed by atoms with van der Waals surface area (Å²) in [5.74, 6) is 0.995. The largest absolute Gasteiger partial charge is 0.491 e. The van der Waals surface area contributed by atoms with E-state index in [1.165, 1.54) is 0 Å². The van der Waals surface area contributed by atoms with Gasteiger partial charge >= 0.3 is 0 Å². The van der Waals surface area contributed by atoms with Crippen molar-refractivity contribution in [3.8, 4) is 17.6 Å². The molecule has 6 nitrogen and oxygen atoms in total. The minimum Gasteiger partial charge on any atom is -0.491 e. The zero-order valence-electron chi connectivity index (χ0n) is 17.6. The van der Waals surface area contributed by atoms with Crippen LogP contribution in [0.5, 0.6) is 11.5 Å². The maximum absolute atomic E-state index is 12.7. The molecule has 1 aliphatic rings. The average molecular weight is 428 g/mol. The van der Waals surface area contributed by atoms with E-state index < -0.39 is 0 Å². The third kappa shape index (κ3) is 5.65. The van der Waals surface area contributed by atoms with Crippen LogP contribution in [0.3, 0.4) is 0 Å². The number of ether oxygens (including phenoxy) is 3. The number of benzene rings is 3. The fourth-order valence-corrected chi connectivity index (χ4v) is 3.48. The summed E-state index contributed by atoms with van der Waals surface area (Å²) in [5.41, 5.74) is 2.49. The molecule has 1 saturated heterocycles. The highest BCUT2D eigenvalue weighted by atomic mass is 16.5. The third-order valence-electron chi connectivity index (χ3n) is 5.18. The quantitative estimate of drug-likeness (QED) is 0.549. The summed E-state index contributed by atoms with van der Waals surface area (Å²) in [7, 11) is 0. The Bertz CT molecular complexity index is 1120. The van der Waals surface area contributed by atoms with Crippen LogP contribution in [-0.4, -0.2) is 25.2 Å². The Morgan fingerprint density at radius 2 is 1.84 bits per heavy atom. The van der Waals surface area contributed by atoms with E-state index in [-0.39, 0.29) is 18.6 Å². The molecule has 0 bridgehead atoms. The smallest absolute Gasteiger partial charge is 0.255 e. The standard InChI is InChI=1S/C26H24N2O4/c27-16-20-6-1-2-7-21(20)17-31-23-10-3-8-19(14-23)26(29)28-22-9-4-11-24(15-22)32-18-25-12-5-13-30-25/h1-4,6-11,14-15,25H,5,12-13,17-18H2,(H,28,29). The molecule has 3 aromatic rings. The van der Waals surface area contributed by atoms with E-state index >= 15 is 0 Å². The summed E-state index contributed by atoms with van der Waals surface area (Å²) in [5, 5.41) is 12.1. The maximum atomic E-state index is 12.7. The number of amides is 1. The van der Waals surface area contributed by atoms with Gasteiger partial charge in [0.1, 0.15) is 24.7 Å². The van der Waals surface area contributed by atoms with Crippen molar-refractivity contribution >= 4 is 11.6 Å². The van der Waals surface area contributed by atoms with Crippen LogP contribution in [0, 0.1) is 11.3 Å². The van der Waals surface area contributed by atoms with Gasteiger partial charge in [-0.05, 0) is 49.2 Å². The SMILES string of the molecule is N#Cc1ccccc1COc1cccc(C(=O)Nc2cccc(OCC3CCCO3)c2)c1. The van der Waals surface area contributed by atoms with Gasteiger partial charge in [0.05, 0.1) is 17.7 Å². The van der Waals surface area contributed by atoms with Crippen LogP contribution in [0.25, 0.3) is 0 Å². The van der Waals surface area contributed by atoms with Gasteiger partial charge in [0.15, 0.2) is 0 Å². The first-order chi connectivity index (χ1) is 15.7. The zero-order chi connectivity index (χ0) is 22.2. The minimum atomic E-state index is -0.246. The number of hydrogen-bond donors (Lipinski definition) is 1. The molecule has 0 radical (unpaired) electrons. The van der Waals surface area contributed by atoms with Gasteiger partial charge in [-0.25, -0.2) is 0 Å². The molecule has 6 heteroatoms. The third-order valence-corrected chi connectivity index (χ3v) is 5.18. The Balaban J connectivity index is 1.36. The van der Waals surface area contributed by atoms with E-state index in [1.807, 2.05) is 36.4 Å². The highest BCUT2D eigenvalue weighted by Gasteiger charge is 2.16. The van der Waals surface area contributed by atoms with Crippen molar-refractivity contribution in [2.45, 2.75) is 25.6 Å². The van der Waals surface area contributed by atoms with E-state index in [9.17, 15) is 10.1 Å². The number of nitriles is 1. The summed E-state index contributed by atoms with van der Waals surface area (Å²) in [4.78, 5) is 12.7. The average Bonchev–Trinajstić information content (AvgIpc) is 3.36. The van der Waals surface area contributed by atoms with Crippen LogP contribution in [0.15, 0.2) is 72.8 Å². The molecular formula is C26H24N2O4. The fraction of sp³-hybridized carbons (Fsp3) is 0.231. The second kappa shape index (κ2) is 10.5. The predicted octanol–water partition coefficient (Wildman–Crippen LogP) is 4.95. The van der Waals surface area contributed by atoms with E-state index in [1.54, 1.807) is 36.4 Å². The van der Waals surface area contributed by atoms with Gasteiger partial charge in [-0.15, -0.1) is 0 Å². The van der Waals surface area contributed by atoms with E-state index in [0.29, 0.717) is 34.9 Å². The van der Waals surface area contributed by atoms with Gasteiger partial charge in [-0.1, -0.05) is 30.3 Å². The Hall–Kier alpha value is -3.82. The molecule has 0 saturated carbocycles. The number of carbonyl (C=O) groups excluding carboxylic acids is 1. The Morgan fingerprint density at radius 3 is 2.66 bits per heavy atom. The lowest BCUT2D eigenvalue weighted by Crippen LogP contribution is -2.16. The lowest BCUT2D eigenvalue weighted by molar-refractivity contribution is 0.0680. The number of hydrogen-bond acceptors (Lipinski definition) is 5. The van der Waals surface area contributed by atoms with Gasteiger partial charge in [0.25, 0.3) is 5.91 Å². The summed E-state index contributed by atoms with van der Waals surface area (Å²) in [6.45, 7) is 1.54.